The van der Waals surface area contributed by atoms with Gasteiger partial charge in [0.25, 0.3) is 0 Å². The number of ether oxygens (including phenoxy) is 2. The highest BCUT2D eigenvalue weighted by atomic mass is 127. The van der Waals surface area contributed by atoms with E-state index in [9.17, 15) is 4.39 Å². The molecule has 30 heavy (non-hydrogen) atoms. The molecule has 0 spiro atoms. The molecule has 0 amide bonds. The molecule has 4 rings (SSSR count). The van der Waals surface area contributed by atoms with Gasteiger partial charge in [0.15, 0.2) is 12.8 Å². The molecule has 3 heterocycles. The number of anilines is 1. The summed E-state index contributed by atoms with van der Waals surface area (Å²) < 4.78 is 24.7. The van der Waals surface area contributed by atoms with E-state index in [4.69, 9.17) is 9.47 Å². The maximum atomic E-state index is 13.9. The van der Waals surface area contributed by atoms with Crippen LogP contribution in [0.4, 0.5) is 10.2 Å². The molecule has 0 atom stereocenters. The monoisotopic (exact) mass is 527 g/mol. The number of guanidine groups is 1. The molecule has 0 radical (unpaired) electrons. The SMILES string of the molecule is CN=C(NCCc1cc(F)cc2c1OCOC2)N1CCN(c2ccccn2)CC1.I. The zero-order valence-corrected chi connectivity index (χ0v) is 19.3. The first-order valence-corrected chi connectivity index (χ1v) is 9.88. The van der Waals surface area contributed by atoms with Crippen molar-refractivity contribution in [2.45, 2.75) is 13.0 Å². The Labute approximate surface area is 193 Å². The van der Waals surface area contributed by atoms with Crippen molar-refractivity contribution >= 4 is 35.8 Å². The lowest BCUT2D eigenvalue weighted by atomic mass is 10.1. The number of aliphatic imine (C=N–C) groups is 1. The average molecular weight is 527 g/mol. The smallest absolute Gasteiger partial charge is 0.193 e. The minimum Gasteiger partial charge on any atom is -0.467 e. The van der Waals surface area contributed by atoms with Crippen molar-refractivity contribution in [1.82, 2.24) is 15.2 Å². The second kappa shape index (κ2) is 10.8. The third kappa shape index (κ3) is 5.31. The molecule has 1 aromatic carbocycles. The van der Waals surface area contributed by atoms with Gasteiger partial charge in [-0.05, 0) is 36.2 Å². The zero-order chi connectivity index (χ0) is 20.1. The van der Waals surface area contributed by atoms with E-state index in [1.165, 1.54) is 6.07 Å². The van der Waals surface area contributed by atoms with Crippen LogP contribution in [0.2, 0.25) is 0 Å². The molecule has 1 saturated heterocycles. The normalized spacial score (nSPS) is 16.4. The Balaban J connectivity index is 0.00000256. The van der Waals surface area contributed by atoms with Crippen molar-refractivity contribution in [3.63, 3.8) is 0 Å². The summed E-state index contributed by atoms with van der Waals surface area (Å²) >= 11 is 0. The van der Waals surface area contributed by atoms with E-state index < -0.39 is 0 Å². The van der Waals surface area contributed by atoms with Crippen molar-refractivity contribution in [1.29, 1.82) is 0 Å². The average Bonchev–Trinajstić information content (AvgIpc) is 2.77. The minimum absolute atomic E-state index is 0. The number of benzene rings is 1. The molecule has 1 N–H and O–H groups in total. The van der Waals surface area contributed by atoms with E-state index in [1.807, 2.05) is 24.4 Å². The van der Waals surface area contributed by atoms with Gasteiger partial charge < -0.3 is 24.6 Å². The lowest BCUT2D eigenvalue weighted by Gasteiger charge is -2.37. The number of nitrogens with zero attached hydrogens (tertiary/aromatic N) is 4. The number of hydrogen-bond acceptors (Lipinski definition) is 5. The second-order valence-electron chi connectivity index (χ2n) is 7.05. The first kappa shape index (κ1) is 22.5. The van der Waals surface area contributed by atoms with E-state index in [0.717, 1.165) is 54.8 Å². The van der Waals surface area contributed by atoms with Crippen molar-refractivity contribution in [2.24, 2.45) is 4.99 Å². The molecular formula is C21H27FIN5O2. The second-order valence-corrected chi connectivity index (χ2v) is 7.05. The van der Waals surface area contributed by atoms with E-state index in [1.54, 1.807) is 13.1 Å². The molecule has 0 saturated carbocycles. The summed E-state index contributed by atoms with van der Waals surface area (Å²) in [5.41, 5.74) is 1.62. The summed E-state index contributed by atoms with van der Waals surface area (Å²) in [7, 11) is 1.79. The number of pyridine rings is 1. The van der Waals surface area contributed by atoms with Gasteiger partial charge in [-0.15, -0.1) is 24.0 Å². The summed E-state index contributed by atoms with van der Waals surface area (Å²) in [6, 6.07) is 9.00. The molecule has 2 aliphatic rings. The summed E-state index contributed by atoms with van der Waals surface area (Å²) in [5, 5.41) is 3.40. The molecule has 1 fully saturated rings. The fourth-order valence-corrected chi connectivity index (χ4v) is 3.77. The molecule has 0 aliphatic carbocycles. The maximum Gasteiger partial charge on any atom is 0.193 e. The van der Waals surface area contributed by atoms with E-state index in [2.05, 4.69) is 25.1 Å². The number of hydrogen-bond donors (Lipinski definition) is 1. The highest BCUT2D eigenvalue weighted by Crippen LogP contribution is 2.29. The fraction of sp³-hybridized carbons (Fsp3) is 0.429. The first-order valence-electron chi connectivity index (χ1n) is 9.88. The number of piperazine rings is 1. The van der Waals surface area contributed by atoms with Crippen LogP contribution in [0.25, 0.3) is 0 Å². The molecule has 162 valence electrons. The largest absolute Gasteiger partial charge is 0.467 e. The van der Waals surface area contributed by atoms with Gasteiger partial charge in [0, 0.05) is 51.5 Å². The Morgan fingerprint density at radius 1 is 1.23 bits per heavy atom. The van der Waals surface area contributed by atoms with Gasteiger partial charge in [-0.3, -0.25) is 4.99 Å². The fourth-order valence-electron chi connectivity index (χ4n) is 3.77. The van der Waals surface area contributed by atoms with Crippen molar-refractivity contribution < 1.29 is 13.9 Å². The highest BCUT2D eigenvalue weighted by Gasteiger charge is 2.21. The molecule has 0 bridgehead atoms. The number of nitrogens with one attached hydrogen (secondary N) is 1. The van der Waals surface area contributed by atoms with Crippen LogP contribution >= 0.6 is 24.0 Å². The Kier molecular flexibility index (Phi) is 8.08. The van der Waals surface area contributed by atoms with Crippen molar-refractivity contribution in [3.8, 4) is 5.75 Å². The Morgan fingerprint density at radius 3 is 2.80 bits per heavy atom. The van der Waals surface area contributed by atoms with Gasteiger partial charge in [-0.25, -0.2) is 9.37 Å². The van der Waals surface area contributed by atoms with Crippen LogP contribution in [-0.4, -0.2) is 62.4 Å². The van der Waals surface area contributed by atoms with Crippen LogP contribution in [0.5, 0.6) is 5.75 Å². The van der Waals surface area contributed by atoms with Crippen LogP contribution in [0, 0.1) is 5.82 Å². The van der Waals surface area contributed by atoms with Gasteiger partial charge in [0.2, 0.25) is 0 Å². The Hall–Kier alpha value is -2.14. The summed E-state index contributed by atoms with van der Waals surface area (Å²) in [4.78, 5) is 13.4. The van der Waals surface area contributed by atoms with E-state index in [-0.39, 0.29) is 36.6 Å². The molecule has 1 aromatic heterocycles. The van der Waals surface area contributed by atoms with Crippen LogP contribution in [0.1, 0.15) is 11.1 Å². The maximum absolute atomic E-state index is 13.9. The first-order chi connectivity index (χ1) is 14.2. The van der Waals surface area contributed by atoms with Crippen molar-refractivity contribution in [2.75, 3.05) is 51.5 Å². The van der Waals surface area contributed by atoms with E-state index in [0.29, 0.717) is 19.6 Å². The highest BCUT2D eigenvalue weighted by molar-refractivity contribution is 14.0. The third-order valence-corrected chi connectivity index (χ3v) is 5.19. The molecule has 2 aliphatic heterocycles. The van der Waals surface area contributed by atoms with Gasteiger partial charge in [-0.1, -0.05) is 6.07 Å². The van der Waals surface area contributed by atoms with Crippen molar-refractivity contribution in [3.05, 3.63) is 53.5 Å². The number of fused-ring (bicyclic) bond motifs is 1. The summed E-state index contributed by atoms with van der Waals surface area (Å²) in [6.45, 7) is 4.76. The number of halogens is 2. The predicted octanol–water partition coefficient (Wildman–Crippen LogP) is 2.65. The molecular weight excluding hydrogens is 500 g/mol. The molecule has 2 aromatic rings. The quantitative estimate of drug-likeness (QED) is 0.375. The molecule has 0 unspecified atom stereocenters. The third-order valence-electron chi connectivity index (χ3n) is 5.19. The zero-order valence-electron chi connectivity index (χ0n) is 17.0. The molecule has 9 heteroatoms. The topological polar surface area (TPSA) is 62.2 Å². The summed E-state index contributed by atoms with van der Waals surface area (Å²) in [6.07, 6.45) is 2.47. The lowest BCUT2D eigenvalue weighted by molar-refractivity contribution is -0.0172. The number of rotatable bonds is 4. The lowest BCUT2D eigenvalue weighted by Crippen LogP contribution is -2.53. The Morgan fingerprint density at radius 2 is 2.07 bits per heavy atom. The van der Waals surface area contributed by atoms with Gasteiger partial charge in [0.05, 0.1) is 6.61 Å². The van der Waals surface area contributed by atoms with Gasteiger partial charge in [0.1, 0.15) is 17.4 Å². The van der Waals surface area contributed by atoms with Crippen LogP contribution < -0.4 is 15.0 Å². The predicted molar refractivity (Wildman–Crippen MR) is 125 cm³/mol. The standard InChI is InChI=1S/C21H26FN5O2.HI/c1-23-21(27-10-8-26(9-11-27)19-4-2-3-6-24-19)25-7-5-16-12-18(22)13-17-14-28-15-29-20(16)17;/h2-4,6,12-13H,5,7-11,14-15H2,1H3,(H,23,25);1H. The van der Waals surface area contributed by atoms with Gasteiger partial charge >= 0.3 is 0 Å². The van der Waals surface area contributed by atoms with Crippen LogP contribution in [0.3, 0.4) is 0 Å². The van der Waals surface area contributed by atoms with Crippen LogP contribution in [0.15, 0.2) is 41.5 Å². The Bertz CT molecular complexity index is 860. The minimum atomic E-state index is -0.261. The van der Waals surface area contributed by atoms with E-state index >= 15 is 0 Å². The van der Waals surface area contributed by atoms with Crippen LogP contribution in [-0.2, 0) is 17.8 Å². The van der Waals surface area contributed by atoms with Gasteiger partial charge in [-0.2, -0.15) is 0 Å². The molecule has 7 nitrogen and oxygen atoms in total. The summed E-state index contributed by atoms with van der Waals surface area (Å²) in [5.74, 6) is 2.36. The number of aromatic nitrogens is 1.